The molecule has 0 atom stereocenters. The van der Waals surface area contributed by atoms with Gasteiger partial charge in [0.1, 0.15) is 5.60 Å². The summed E-state index contributed by atoms with van der Waals surface area (Å²) in [5.74, 6) is 0. The minimum atomic E-state index is -0.469. The Labute approximate surface area is 97.0 Å². The highest BCUT2D eigenvalue weighted by Gasteiger charge is 2.21. The van der Waals surface area contributed by atoms with E-state index in [-0.39, 0.29) is 6.09 Å². The average molecular weight is 220 g/mol. The smallest absolute Gasteiger partial charge is 0.414 e. The lowest BCUT2D eigenvalue weighted by Gasteiger charge is -2.26. The molecule has 0 aliphatic rings. The third-order valence-corrected chi connectivity index (χ3v) is 1.93. The Balaban J connectivity index is 2.80. The Morgan fingerprint density at radius 1 is 1.50 bits per heavy atom. The molecule has 0 aliphatic heterocycles. The first kappa shape index (κ1) is 12.6. The van der Waals surface area contributed by atoms with Gasteiger partial charge in [-0.25, -0.2) is 4.79 Å². The molecule has 3 nitrogen and oxygen atoms in total. The Hall–Kier alpha value is -1.51. The summed E-state index contributed by atoms with van der Waals surface area (Å²) in [6, 6.07) is 10.2. The van der Waals surface area contributed by atoms with E-state index in [2.05, 4.69) is 6.07 Å². The number of amides is 1. The summed E-state index contributed by atoms with van der Waals surface area (Å²) in [5, 5.41) is 0. The van der Waals surface area contributed by atoms with Crippen LogP contribution in [0.1, 0.15) is 27.7 Å². The standard InChI is InChI=1S/C13H18NO2/c1-5-14(11-9-7-6-8-10-11)12(15)16-13(2,3)4/h6-7,9-10H,5H2,1-4H3. The maximum Gasteiger partial charge on any atom is 0.414 e. The first-order valence-electron chi connectivity index (χ1n) is 5.40. The molecule has 3 heteroatoms. The third-order valence-electron chi connectivity index (χ3n) is 1.93. The van der Waals surface area contributed by atoms with Crippen molar-refractivity contribution in [2.24, 2.45) is 0 Å². The highest BCUT2D eigenvalue weighted by molar-refractivity contribution is 5.87. The lowest BCUT2D eigenvalue weighted by atomic mass is 10.2. The quantitative estimate of drug-likeness (QED) is 0.765. The van der Waals surface area contributed by atoms with E-state index in [4.69, 9.17) is 4.74 Å². The number of carbonyl (C=O) groups is 1. The van der Waals surface area contributed by atoms with E-state index in [1.807, 2.05) is 39.8 Å². The van der Waals surface area contributed by atoms with E-state index < -0.39 is 5.60 Å². The van der Waals surface area contributed by atoms with Crippen molar-refractivity contribution in [1.29, 1.82) is 0 Å². The summed E-state index contributed by atoms with van der Waals surface area (Å²) in [7, 11) is 0. The summed E-state index contributed by atoms with van der Waals surface area (Å²) in [6.45, 7) is 8.06. The maximum absolute atomic E-state index is 11.9. The second-order valence-electron chi connectivity index (χ2n) is 4.49. The molecular formula is C13H18NO2. The van der Waals surface area contributed by atoms with E-state index in [1.54, 1.807) is 17.0 Å². The van der Waals surface area contributed by atoms with Crippen LogP contribution in [0, 0.1) is 6.07 Å². The average Bonchev–Trinajstić information content (AvgIpc) is 2.17. The van der Waals surface area contributed by atoms with Crippen LogP contribution in [0.25, 0.3) is 0 Å². The lowest BCUT2D eigenvalue weighted by Crippen LogP contribution is -2.36. The molecule has 0 heterocycles. The van der Waals surface area contributed by atoms with Crippen molar-refractivity contribution in [2.45, 2.75) is 33.3 Å². The van der Waals surface area contributed by atoms with Gasteiger partial charge in [-0.1, -0.05) is 12.1 Å². The SMILES string of the molecule is CCN(C(=O)OC(C)(C)C)c1c[c]ccc1. The molecule has 1 aromatic rings. The van der Waals surface area contributed by atoms with Crippen LogP contribution in [-0.2, 0) is 4.74 Å². The number of ether oxygens (including phenoxy) is 1. The fraction of sp³-hybridized carbons (Fsp3) is 0.462. The molecule has 16 heavy (non-hydrogen) atoms. The van der Waals surface area contributed by atoms with Gasteiger partial charge >= 0.3 is 6.09 Å². The molecule has 0 fully saturated rings. The van der Waals surface area contributed by atoms with Gasteiger partial charge in [0, 0.05) is 12.2 Å². The van der Waals surface area contributed by atoms with Gasteiger partial charge in [-0.15, -0.1) is 0 Å². The Morgan fingerprint density at radius 2 is 2.19 bits per heavy atom. The van der Waals surface area contributed by atoms with Crippen LogP contribution in [0.15, 0.2) is 24.3 Å². The molecule has 0 bridgehead atoms. The molecule has 1 amide bonds. The van der Waals surface area contributed by atoms with Crippen LogP contribution in [0.5, 0.6) is 0 Å². The Bertz CT molecular complexity index is 341. The minimum Gasteiger partial charge on any atom is -0.443 e. The topological polar surface area (TPSA) is 29.5 Å². The zero-order chi connectivity index (χ0) is 12.2. The number of rotatable bonds is 2. The molecule has 1 aromatic carbocycles. The molecule has 1 radical (unpaired) electrons. The Morgan fingerprint density at radius 3 is 2.62 bits per heavy atom. The van der Waals surface area contributed by atoms with E-state index in [1.165, 1.54) is 0 Å². The Kier molecular flexibility index (Phi) is 3.93. The molecule has 0 saturated carbocycles. The zero-order valence-electron chi connectivity index (χ0n) is 10.3. The van der Waals surface area contributed by atoms with Crippen LogP contribution in [0.3, 0.4) is 0 Å². The van der Waals surface area contributed by atoms with Crippen molar-refractivity contribution in [1.82, 2.24) is 0 Å². The minimum absolute atomic E-state index is 0.324. The predicted octanol–water partition coefficient (Wildman–Crippen LogP) is 3.25. The summed E-state index contributed by atoms with van der Waals surface area (Å²) in [4.78, 5) is 13.5. The maximum atomic E-state index is 11.9. The van der Waals surface area contributed by atoms with Crippen molar-refractivity contribution in [3.63, 3.8) is 0 Å². The van der Waals surface area contributed by atoms with Gasteiger partial charge < -0.3 is 4.74 Å². The second kappa shape index (κ2) is 5.01. The fourth-order valence-corrected chi connectivity index (χ4v) is 1.29. The normalized spacial score (nSPS) is 11.0. The number of hydrogen-bond donors (Lipinski definition) is 0. The monoisotopic (exact) mass is 220 g/mol. The van der Waals surface area contributed by atoms with Gasteiger partial charge in [-0.3, -0.25) is 4.90 Å². The van der Waals surface area contributed by atoms with Crippen molar-refractivity contribution in [3.05, 3.63) is 30.3 Å². The van der Waals surface area contributed by atoms with Crippen molar-refractivity contribution in [2.75, 3.05) is 11.4 Å². The third kappa shape index (κ3) is 3.57. The van der Waals surface area contributed by atoms with Crippen molar-refractivity contribution in [3.8, 4) is 0 Å². The predicted molar refractivity (Wildman–Crippen MR) is 64.5 cm³/mol. The van der Waals surface area contributed by atoms with Gasteiger partial charge in [-0.2, -0.15) is 0 Å². The molecule has 1 rings (SSSR count). The lowest BCUT2D eigenvalue weighted by molar-refractivity contribution is 0.0582. The van der Waals surface area contributed by atoms with E-state index in [0.29, 0.717) is 6.54 Å². The van der Waals surface area contributed by atoms with Crippen molar-refractivity contribution >= 4 is 11.8 Å². The van der Waals surface area contributed by atoms with Crippen molar-refractivity contribution < 1.29 is 9.53 Å². The van der Waals surface area contributed by atoms with E-state index in [9.17, 15) is 4.79 Å². The largest absolute Gasteiger partial charge is 0.443 e. The first-order chi connectivity index (χ1) is 7.44. The van der Waals surface area contributed by atoms with Crippen LogP contribution >= 0.6 is 0 Å². The van der Waals surface area contributed by atoms with Gasteiger partial charge in [0.2, 0.25) is 0 Å². The second-order valence-corrected chi connectivity index (χ2v) is 4.49. The number of nitrogens with zero attached hydrogens (tertiary/aromatic N) is 1. The van der Waals surface area contributed by atoms with Gasteiger partial charge in [0.05, 0.1) is 0 Å². The molecule has 0 spiro atoms. The molecule has 0 aliphatic carbocycles. The first-order valence-corrected chi connectivity index (χ1v) is 5.40. The zero-order valence-corrected chi connectivity index (χ0v) is 10.3. The molecular weight excluding hydrogens is 202 g/mol. The summed E-state index contributed by atoms with van der Waals surface area (Å²) < 4.78 is 5.32. The van der Waals surface area contributed by atoms with E-state index in [0.717, 1.165) is 5.69 Å². The molecule has 0 saturated heterocycles. The van der Waals surface area contributed by atoms with Crippen LogP contribution < -0.4 is 4.90 Å². The summed E-state index contributed by atoms with van der Waals surface area (Å²) in [5.41, 5.74) is 0.336. The molecule has 0 aromatic heterocycles. The van der Waals surface area contributed by atoms with Gasteiger partial charge in [0.25, 0.3) is 0 Å². The number of benzene rings is 1. The number of carbonyl (C=O) groups excluding carboxylic acids is 1. The fourth-order valence-electron chi connectivity index (χ4n) is 1.29. The van der Waals surface area contributed by atoms with Crippen LogP contribution in [-0.4, -0.2) is 18.2 Å². The van der Waals surface area contributed by atoms with Gasteiger partial charge in [-0.05, 0) is 45.9 Å². The molecule has 87 valence electrons. The van der Waals surface area contributed by atoms with Crippen LogP contribution in [0.2, 0.25) is 0 Å². The van der Waals surface area contributed by atoms with E-state index >= 15 is 0 Å². The highest BCUT2D eigenvalue weighted by Crippen LogP contribution is 2.17. The summed E-state index contributed by atoms with van der Waals surface area (Å²) in [6.07, 6.45) is -0.324. The highest BCUT2D eigenvalue weighted by atomic mass is 16.6. The molecule has 0 N–H and O–H groups in total. The summed E-state index contributed by atoms with van der Waals surface area (Å²) >= 11 is 0. The molecule has 0 unspecified atom stereocenters. The van der Waals surface area contributed by atoms with Gasteiger partial charge in [0.15, 0.2) is 0 Å². The van der Waals surface area contributed by atoms with Crippen LogP contribution in [0.4, 0.5) is 10.5 Å². The number of hydrogen-bond acceptors (Lipinski definition) is 2. The number of anilines is 1.